The van der Waals surface area contributed by atoms with Gasteiger partial charge in [0.2, 0.25) is 0 Å². The Morgan fingerprint density at radius 2 is 2.17 bits per heavy atom. The summed E-state index contributed by atoms with van der Waals surface area (Å²) in [7, 11) is 0. The highest BCUT2D eigenvalue weighted by Crippen LogP contribution is 2.24. The van der Waals surface area contributed by atoms with Crippen LogP contribution in [0.3, 0.4) is 0 Å². The summed E-state index contributed by atoms with van der Waals surface area (Å²) in [6.45, 7) is 0. The molecule has 0 fully saturated rings. The summed E-state index contributed by atoms with van der Waals surface area (Å²) in [5, 5.41) is 9.94. The predicted molar refractivity (Wildman–Crippen MR) is 70.0 cm³/mol. The van der Waals surface area contributed by atoms with E-state index in [-0.39, 0.29) is 5.56 Å². The Labute approximate surface area is 113 Å². The molecule has 2 heterocycles. The number of nitrogens with zero attached hydrogens (tertiary/aromatic N) is 2. The molecule has 6 heteroatoms. The van der Waals surface area contributed by atoms with Crippen LogP contribution in [0.15, 0.2) is 41.7 Å². The van der Waals surface area contributed by atoms with Crippen molar-refractivity contribution >= 4 is 29.3 Å². The van der Waals surface area contributed by atoms with Gasteiger partial charge in [0.05, 0.1) is 5.56 Å². The quantitative estimate of drug-likeness (QED) is 0.689. The largest absolute Gasteiger partial charge is 0.478 e. The number of thioether (sulfide) groups is 1. The van der Waals surface area contributed by atoms with Gasteiger partial charge in [0.15, 0.2) is 0 Å². The zero-order valence-electron chi connectivity index (χ0n) is 9.21. The van der Waals surface area contributed by atoms with Gasteiger partial charge < -0.3 is 5.11 Å². The number of carboxylic acids is 1. The topological polar surface area (TPSA) is 63.1 Å². The first-order valence-electron chi connectivity index (χ1n) is 5.08. The molecule has 0 aliphatic carbocycles. The van der Waals surface area contributed by atoms with Crippen molar-refractivity contribution in [3.05, 3.63) is 52.9 Å². The zero-order valence-corrected chi connectivity index (χ0v) is 10.8. The van der Waals surface area contributed by atoms with E-state index in [9.17, 15) is 4.79 Å². The molecule has 0 aliphatic rings. The zero-order chi connectivity index (χ0) is 13.0. The molecule has 0 saturated heterocycles. The molecule has 2 rings (SSSR count). The minimum absolute atomic E-state index is 0.211. The molecule has 2 aromatic heterocycles. The van der Waals surface area contributed by atoms with Crippen molar-refractivity contribution in [2.24, 2.45) is 0 Å². The maximum Gasteiger partial charge on any atom is 0.338 e. The number of halogens is 1. The Morgan fingerprint density at radius 3 is 2.89 bits per heavy atom. The Morgan fingerprint density at radius 1 is 1.33 bits per heavy atom. The molecule has 0 radical (unpaired) electrons. The number of carbonyl (C=O) groups is 1. The highest BCUT2D eigenvalue weighted by atomic mass is 35.5. The fraction of sp³-hybridized carbons (Fsp3) is 0.0833. The van der Waals surface area contributed by atoms with Crippen LogP contribution >= 0.6 is 23.4 Å². The van der Waals surface area contributed by atoms with Gasteiger partial charge in [0.1, 0.15) is 10.2 Å². The van der Waals surface area contributed by atoms with Crippen LogP contribution in [-0.2, 0) is 5.75 Å². The smallest absolute Gasteiger partial charge is 0.338 e. The maximum absolute atomic E-state index is 11.0. The fourth-order valence-corrected chi connectivity index (χ4v) is 2.48. The van der Waals surface area contributed by atoms with Crippen molar-refractivity contribution in [1.29, 1.82) is 0 Å². The van der Waals surface area contributed by atoms with E-state index in [1.807, 2.05) is 6.07 Å². The molecule has 18 heavy (non-hydrogen) atoms. The number of aromatic carboxylic acids is 1. The van der Waals surface area contributed by atoms with Crippen LogP contribution in [0.2, 0.25) is 5.15 Å². The summed E-state index contributed by atoms with van der Waals surface area (Å²) >= 11 is 7.14. The van der Waals surface area contributed by atoms with Crippen LogP contribution < -0.4 is 0 Å². The molecule has 0 saturated carbocycles. The third-order valence-electron chi connectivity index (χ3n) is 2.17. The summed E-state index contributed by atoms with van der Waals surface area (Å²) in [5.41, 5.74) is 1.18. The standard InChI is InChI=1S/C12H9ClN2O2S/c13-10-6-8(3-5-14-10)7-18-11-9(12(16)17)2-1-4-15-11/h1-6H,7H2,(H,16,17). The van der Waals surface area contributed by atoms with E-state index in [0.29, 0.717) is 15.9 Å². The number of pyridine rings is 2. The van der Waals surface area contributed by atoms with Crippen LogP contribution in [0.25, 0.3) is 0 Å². The van der Waals surface area contributed by atoms with Gasteiger partial charge in [0, 0.05) is 18.1 Å². The van der Waals surface area contributed by atoms with Crippen molar-refractivity contribution in [3.8, 4) is 0 Å². The molecule has 0 aromatic carbocycles. The monoisotopic (exact) mass is 280 g/mol. The number of rotatable bonds is 4. The average Bonchev–Trinajstić information content (AvgIpc) is 2.37. The van der Waals surface area contributed by atoms with Crippen molar-refractivity contribution in [3.63, 3.8) is 0 Å². The van der Waals surface area contributed by atoms with Gasteiger partial charge in [0.25, 0.3) is 0 Å². The van der Waals surface area contributed by atoms with Gasteiger partial charge in [-0.25, -0.2) is 14.8 Å². The van der Waals surface area contributed by atoms with Crippen LogP contribution in [-0.4, -0.2) is 21.0 Å². The summed E-state index contributed by atoms with van der Waals surface area (Å²) in [6, 6.07) is 6.73. The third-order valence-corrected chi connectivity index (χ3v) is 3.45. The first-order chi connectivity index (χ1) is 8.66. The minimum Gasteiger partial charge on any atom is -0.478 e. The highest BCUT2D eigenvalue weighted by molar-refractivity contribution is 7.98. The second-order valence-corrected chi connectivity index (χ2v) is 4.79. The maximum atomic E-state index is 11.0. The van der Waals surface area contributed by atoms with E-state index >= 15 is 0 Å². The van der Waals surface area contributed by atoms with Gasteiger partial charge in [-0.15, -0.1) is 11.8 Å². The molecule has 0 spiro atoms. The van der Waals surface area contributed by atoms with Crippen LogP contribution in [0.4, 0.5) is 0 Å². The molecule has 0 amide bonds. The molecular formula is C12H9ClN2O2S. The summed E-state index contributed by atoms with van der Waals surface area (Å²) in [5.74, 6) is -0.377. The fourth-order valence-electron chi connectivity index (χ4n) is 1.35. The second kappa shape index (κ2) is 5.84. The molecule has 1 N–H and O–H groups in total. The molecular weight excluding hydrogens is 272 g/mol. The summed E-state index contributed by atoms with van der Waals surface area (Å²) < 4.78 is 0. The van der Waals surface area contributed by atoms with E-state index < -0.39 is 5.97 Å². The molecule has 0 bridgehead atoms. The van der Waals surface area contributed by atoms with E-state index in [0.717, 1.165) is 5.56 Å². The van der Waals surface area contributed by atoms with Crippen LogP contribution in [0, 0.1) is 0 Å². The Kier molecular flexibility index (Phi) is 4.17. The van der Waals surface area contributed by atoms with Gasteiger partial charge in [-0.2, -0.15) is 0 Å². The van der Waals surface area contributed by atoms with Gasteiger partial charge in [-0.3, -0.25) is 0 Å². The number of carboxylic acid groups (broad SMARTS) is 1. The average molecular weight is 281 g/mol. The first kappa shape index (κ1) is 12.9. The second-order valence-electron chi connectivity index (χ2n) is 3.44. The van der Waals surface area contributed by atoms with E-state index in [1.165, 1.54) is 17.8 Å². The molecule has 92 valence electrons. The lowest BCUT2D eigenvalue weighted by Crippen LogP contribution is -2.00. The van der Waals surface area contributed by atoms with Gasteiger partial charge in [-0.1, -0.05) is 11.6 Å². The van der Waals surface area contributed by atoms with E-state index in [1.54, 1.807) is 24.5 Å². The van der Waals surface area contributed by atoms with Crippen molar-refractivity contribution in [2.75, 3.05) is 0 Å². The van der Waals surface area contributed by atoms with Crippen molar-refractivity contribution in [2.45, 2.75) is 10.8 Å². The third kappa shape index (κ3) is 3.21. The molecule has 0 atom stereocenters. The van der Waals surface area contributed by atoms with Gasteiger partial charge in [-0.05, 0) is 29.8 Å². The lowest BCUT2D eigenvalue weighted by molar-refractivity contribution is 0.0692. The molecule has 2 aromatic rings. The van der Waals surface area contributed by atoms with Crippen molar-refractivity contribution in [1.82, 2.24) is 9.97 Å². The molecule has 0 aliphatic heterocycles. The normalized spacial score (nSPS) is 10.3. The van der Waals surface area contributed by atoms with E-state index in [4.69, 9.17) is 16.7 Å². The molecule has 4 nitrogen and oxygen atoms in total. The first-order valence-corrected chi connectivity index (χ1v) is 6.44. The van der Waals surface area contributed by atoms with Crippen LogP contribution in [0.1, 0.15) is 15.9 Å². The highest BCUT2D eigenvalue weighted by Gasteiger charge is 2.10. The van der Waals surface area contributed by atoms with E-state index in [2.05, 4.69) is 9.97 Å². The summed E-state index contributed by atoms with van der Waals surface area (Å²) in [6.07, 6.45) is 3.20. The van der Waals surface area contributed by atoms with Crippen molar-refractivity contribution < 1.29 is 9.90 Å². The predicted octanol–water partition coefficient (Wildman–Crippen LogP) is 3.12. The number of hydrogen-bond acceptors (Lipinski definition) is 4. The number of aromatic nitrogens is 2. The lowest BCUT2D eigenvalue weighted by Gasteiger charge is -2.04. The Balaban J connectivity index is 2.13. The van der Waals surface area contributed by atoms with Crippen LogP contribution in [0.5, 0.6) is 0 Å². The SMILES string of the molecule is O=C(O)c1cccnc1SCc1ccnc(Cl)c1. The minimum atomic E-state index is -0.974. The summed E-state index contributed by atoms with van der Waals surface area (Å²) in [4.78, 5) is 19.0. The van der Waals surface area contributed by atoms with Gasteiger partial charge >= 0.3 is 5.97 Å². The molecule has 0 unspecified atom stereocenters. The Hall–Kier alpha value is -1.59. The Bertz CT molecular complexity index is 578. The number of hydrogen-bond donors (Lipinski definition) is 1. The lowest BCUT2D eigenvalue weighted by atomic mass is 10.3.